The summed E-state index contributed by atoms with van der Waals surface area (Å²) in [6.07, 6.45) is 3.41. The molecule has 0 spiro atoms. The van der Waals surface area contributed by atoms with Crippen LogP contribution in [0.15, 0.2) is 47.1 Å². The number of aryl methyl sites for hydroxylation is 2. The molecule has 264 valence electrons. The van der Waals surface area contributed by atoms with E-state index in [9.17, 15) is 9.59 Å². The molecule has 0 aliphatic carbocycles. The lowest BCUT2D eigenvalue weighted by Gasteiger charge is -2.34. The molecule has 3 heterocycles. The van der Waals surface area contributed by atoms with E-state index in [1.807, 2.05) is 65.9 Å². The first-order valence-electron chi connectivity index (χ1n) is 16.9. The third-order valence-corrected chi connectivity index (χ3v) is 8.56. The number of nitrogens with one attached hydrogen (secondary N) is 3. The predicted octanol–water partition coefficient (Wildman–Crippen LogP) is 4.01. The number of benzene rings is 1. The van der Waals surface area contributed by atoms with E-state index < -0.39 is 17.1 Å². The van der Waals surface area contributed by atoms with Crippen LogP contribution in [0.1, 0.15) is 78.3 Å². The summed E-state index contributed by atoms with van der Waals surface area (Å²) in [5, 5.41) is 9.15. The zero-order valence-electron chi connectivity index (χ0n) is 30.5. The van der Waals surface area contributed by atoms with Crippen LogP contribution in [0, 0.1) is 31.1 Å². The van der Waals surface area contributed by atoms with Crippen LogP contribution < -0.4 is 20.7 Å². The van der Waals surface area contributed by atoms with Crippen LogP contribution in [0.5, 0.6) is 5.75 Å². The van der Waals surface area contributed by atoms with Crippen LogP contribution >= 0.6 is 0 Å². The lowest BCUT2D eigenvalue weighted by Crippen LogP contribution is -2.50. The third kappa shape index (κ3) is 10.5. The molecule has 1 aromatic carbocycles. The number of pyridine rings is 1. The zero-order valence-corrected chi connectivity index (χ0v) is 30.5. The average molecular weight is 673 g/mol. The largest absolute Gasteiger partial charge is 0.482 e. The molecule has 2 aliphatic heterocycles. The molecular weight excluding hydrogens is 620 g/mol. The number of rotatable bonds is 11. The van der Waals surface area contributed by atoms with Crippen molar-refractivity contribution in [2.24, 2.45) is 10.4 Å². The highest BCUT2D eigenvalue weighted by molar-refractivity contribution is 6.14. The van der Waals surface area contributed by atoms with Crippen LogP contribution in [0.4, 0.5) is 0 Å². The normalized spacial score (nSPS) is 20.3. The standard InChI is InChI=1S/C38H52N6O5/c1-25-10-11-31(41-21-25)33(23-44-15-14-40-28(4)22-44)49-32-18-26(2)29(19-30(32)35(45)39-8)36(46)43-34-27(3)20-38(7,24-42-34)13-12-37(5,6)48-17-16-47-9/h10-11,18-21,28,33,40H,14-17,22-24H2,1-9H3,(H,39,45)(H,42,43,46)/t28-,33-,38?/m1/s1. The van der Waals surface area contributed by atoms with Gasteiger partial charge >= 0.3 is 0 Å². The molecule has 2 aliphatic rings. The number of carbonyl (C=O) groups is 2. The van der Waals surface area contributed by atoms with Crippen molar-refractivity contribution in [3.05, 3.63) is 70.1 Å². The fraction of sp³-hybridized carbons (Fsp3) is 0.526. The first kappa shape index (κ1) is 37.7. The fourth-order valence-corrected chi connectivity index (χ4v) is 5.82. The molecule has 2 aromatic rings. The highest BCUT2D eigenvalue weighted by Gasteiger charge is 2.29. The van der Waals surface area contributed by atoms with Crippen LogP contribution in [-0.4, -0.2) is 99.3 Å². The van der Waals surface area contributed by atoms with Gasteiger partial charge in [-0.3, -0.25) is 24.5 Å². The van der Waals surface area contributed by atoms with Crippen LogP contribution in [-0.2, 0) is 9.47 Å². The molecule has 1 aromatic heterocycles. The minimum absolute atomic E-state index is 0.264. The van der Waals surface area contributed by atoms with Gasteiger partial charge < -0.3 is 30.2 Å². The SMILES string of the molecule is CNC(=O)c1cc(C(=O)NC2=NCC(C)(C#CC(C)(C)OCCOC)C=C2C)c(C)cc1O[C@H](CN1CCN[C@H](C)C1)c1ccc(C)cn1. The number of dihydropyridines is 1. The molecule has 3 atom stereocenters. The first-order chi connectivity index (χ1) is 23.2. The average Bonchev–Trinajstić information content (AvgIpc) is 3.05. The van der Waals surface area contributed by atoms with E-state index in [1.165, 1.54) is 0 Å². The summed E-state index contributed by atoms with van der Waals surface area (Å²) < 4.78 is 17.5. The highest BCUT2D eigenvalue weighted by atomic mass is 16.5. The van der Waals surface area contributed by atoms with Crippen molar-refractivity contribution in [3.8, 4) is 17.6 Å². The Hall–Kier alpha value is -4.08. The van der Waals surface area contributed by atoms with Crippen molar-refractivity contribution in [1.82, 2.24) is 25.8 Å². The smallest absolute Gasteiger partial charge is 0.257 e. The fourth-order valence-electron chi connectivity index (χ4n) is 5.82. The molecule has 3 N–H and O–H groups in total. The number of nitrogens with zero attached hydrogens (tertiary/aromatic N) is 3. The number of hydrogen-bond acceptors (Lipinski definition) is 9. The lowest BCUT2D eigenvalue weighted by molar-refractivity contribution is -0.00341. The van der Waals surface area contributed by atoms with Gasteiger partial charge in [0.15, 0.2) is 6.10 Å². The summed E-state index contributed by atoms with van der Waals surface area (Å²) in [4.78, 5) is 38.6. The second-order valence-corrected chi connectivity index (χ2v) is 13.7. The summed E-state index contributed by atoms with van der Waals surface area (Å²) in [6, 6.07) is 7.68. The topological polar surface area (TPSA) is 126 Å². The number of hydrogen-bond donors (Lipinski definition) is 3. The van der Waals surface area contributed by atoms with E-state index in [1.54, 1.807) is 26.3 Å². The molecule has 1 saturated heterocycles. The van der Waals surface area contributed by atoms with Gasteiger partial charge in [0.1, 0.15) is 17.2 Å². The molecule has 11 nitrogen and oxygen atoms in total. The van der Waals surface area contributed by atoms with Gasteiger partial charge in [0, 0.05) is 58.1 Å². The van der Waals surface area contributed by atoms with Gasteiger partial charge in [-0.1, -0.05) is 24.0 Å². The monoisotopic (exact) mass is 672 g/mol. The summed E-state index contributed by atoms with van der Waals surface area (Å²) in [5.41, 5.74) is 2.74. The molecule has 4 rings (SSSR count). The van der Waals surface area contributed by atoms with E-state index >= 15 is 0 Å². The number of aromatic nitrogens is 1. The predicted molar refractivity (Wildman–Crippen MR) is 192 cm³/mol. The lowest BCUT2D eigenvalue weighted by atomic mass is 9.86. The second kappa shape index (κ2) is 16.5. The maximum atomic E-state index is 13.7. The zero-order chi connectivity index (χ0) is 35.8. The van der Waals surface area contributed by atoms with E-state index in [-0.39, 0.29) is 17.4 Å². The summed E-state index contributed by atoms with van der Waals surface area (Å²) >= 11 is 0. The van der Waals surface area contributed by atoms with Gasteiger partial charge in [-0.15, -0.1) is 0 Å². The Labute approximate surface area is 291 Å². The molecular formula is C38H52N6O5. The number of aliphatic imine (C=N–C) groups is 1. The van der Waals surface area contributed by atoms with Crippen molar-refractivity contribution < 1.29 is 23.8 Å². The van der Waals surface area contributed by atoms with Crippen molar-refractivity contribution in [2.75, 3.05) is 60.1 Å². The van der Waals surface area contributed by atoms with Crippen molar-refractivity contribution in [2.45, 2.75) is 66.2 Å². The summed E-state index contributed by atoms with van der Waals surface area (Å²) in [5.74, 6) is 6.68. The Balaban J connectivity index is 1.55. The van der Waals surface area contributed by atoms with E-state index in [2.05, 4.69) is 44.6 Å². The number of piperazine rings is 1. The van der Waals surface area contributed by atoms with Gasteiger partial charge in [-0.25, -0.2) is 0 Å². The molecule has 1 unspecified atom stereocenters. The van der Waals surface area contributed by atoms with Crippen LogP contribution in [0.25, 0.3) is 0 Å². The Morgan fingerprint density at radius 2 is 1.94 bits per heavy atom. The third-order valence-electron chi connectivity index (χ3n) is 8.56. The quantitative estimate of drug-likeness (QED) is 0.242. The minimum atomic E-state index is -0.641. The molecule has 0 saturated carbocycles. The Morgan fingerprint density at radius 3 is 2.59 bits per heavy atom. The highest BCUT2D eigenvalue weighted by Crippen LogP contribution is 2.30. The molecule has 0 radical (unpaired) electrons. The molecule has 0 bridgehead atoms. The number of methoxy groups -OCH3 is 1. The number of ether oxygens (including phenoxy) is 3. The maximum absolute atomic E-state index is 13.7. The minimum Gasteiger partial charge on any atom is -0.482 e. The van der Waals surface area contributed by atoms with Crippen LogP contribution in [0.2, 0.25) is 0 Å². The van der Waals surface area contributed by atoms with Crippen molar-refractivity contribution in [1.29, 1.82) is 0 Å². The number of carbonyl (C=O) groups excluding carboxylic acids is 2. The second-order valence-electron chi connectivity index (χ2n) is 13.7. The van der Waals surface area contributed by atoms with Gasteiger partial charge in [-0.2, -0.15) is 0 Å². The number of amidine groups is 1. The van der Waals surface area contributed by atoms with E-state index in [0.29, 0.717) is 55.1 Å². The maximum Gasteiger partial charge on any atom is 0.257 e. The van der Waals surface area contributed by atoms with Crippen LogP contribution in [0.3, 0.4) is 0 Å². The van der Waals surface area contributed by atoms with Crippen molar-refractivity contribution >= 4 is 17.6 Å². The molecule has 2 amide bonds. The molecule has 49 heavy (non-hydrogen) atoms. The first-order valence-corrected chi connectivity index (χ1v) is 16.9. The number of amides is 2. The summed E-state index contributed by atoms with van der Waals surface area (Å²) in [6.45, 7) is 18.3. The van der Waals surface area contributed by atoms with Crippen molar-refractivity contribution in [3.63, 3.8) is 0 Å². The Kier molecular flexibility index (Phi) is 12.7. The van der Waals surface area contributed by atoms with Gasteiger partial charge in [0.25, 0.3) is 11.8 Å². The van der Waals surface area contributed by atoms with Gasteiger partial charge in [0.05, 0.1) is 36.4 Å². The Morgan fingerprint density at radius 1 is 1.16 bits per heavy atom. The summed E-state index contributed by atoms with van der Waals surface area (Å²) in [7, 11) is 3.19. The van der Waals surface area contributed by atoms with Gasteiger partial charge in [-0.05, 0) is 83.4 Å². The van der Waals surface area contributed by atoms with Gasteiger partial charge in [0.2, 0.25) is 0 Å². The Bertz CT molecular complexity index is 1620. The van der Waals surface area contributed by atoms with E-state index in [4.69, 9.17) is 19.2 Å². The van der Waals surface area contributed by atoms with E-state index in [0.717, 1.165) is 36.5 Å². The molecule has 11 heteroatoms. The molecule has 1 fully saturated rings.